The van der Waals surface area contributed by atoms with E-state index in [0.29, 0.717) is 18.7 Å². The number of anilines is 1. The van der Waals surface area contributed by atoms with Crippen LogP contribution >= 0.6 is 0 Å². The second kappa shape index (κ2) is 8.71. The molecule has 0 spiro atoms. The first-order valence-corrected chi connectivity index (χ1v) is 9.04. The molecular weight excluding hydrogens is 340 g/mol. The monoisotopic (exact) mass is 368 g/mol. The highest BCUT2D eigenvalue weighted by Crippen LogP contribution is 2.21. The minimum atomic E-state index is -1.18. The van der Waals surface area contributed by atoms with Gasteiger partial charge in [0.15, 0.2) is 0 Å². The predicted octanol–water partition coefficient (Wildman–Crippen LogP) is 3.64. The summed E-state index contributed by atoms with van der Waals surface area (Å²) < 4.78 is 5.32. The Bertz CT molecular complexity index is 828. The van der Waals surface area contributed by atoms with E-state index in [-0.39, 0.29) is 11.8 Å². The number of carbonyl (C=O) groups excluding carboxylic acids is 2. The third-order valence-corrected chi connectivity index (χ3v) is 4.77. The van der Waals surface area contributed by atoms with Crippen molar-refractivity contribution in [2.24, 2.45) is 5.41 Å². The number of amides is 2. The number of benzene rings is 2. The molecule has 0 saturated heterocycles. The largest absolute Gasteiger partial charge is 0.496 e. The first kappa shape index (κ1) is 20.5. The van der Waals surface area contributed by atoms with Crippen molar-refractivity contribution in [3.05, 3.63) is 59.2 Å². The number of carbonyl (C=O) groups is 2. The number of rotatable bonds is 7. The van der Waals surface area contributed by atoms with Crippen molar-refractivity contribution >= 4 is 17.5 Å². The van der Waals surface area contributed by atoms with Gasteiger partial charge in [0.05, 0.1) is 7.11 Å². The van der Waals surface area contributed by atoms with Crippen LogP contribution in [0.3, 0.4) is 0 Å². The number of hydrogen-bond acceptors (Lipinski definition) is 3. The van der Waals surface area contributed by atoms with Gasteiger partial charge in [-0.05, 0) is 69.0 Å². The Hall–Kier alpha value is -2.82. The number of hydrogen-bond donors (Lipinski definition) is 2. The first-order chi connectivity index (χ1) is 12.8. The first-order valence-electron chi connectivity index (χ1n) is 9.04. The minimum Gasteiger partial charge on any atom is -0.496 e. The van der Waals surface area contributed by atoms with E-state index in [4.69, 9.17) is 4.74 Å². The van der Waals surface area contributed by atoms with Gasteiger partial charge in [0.2, 0.25) is 11.8 Å². The van der Waals surface area contributed by atoms with Crippen LogP contribution in [-0.4, -0.2) is 25.5 Å². The number of nitrogens with one attached hydrogen (secondary N) is 2. The summed E-state index contributed by atoms with van der Waals surface area (Å²) in [5.41, 5.74) is 2.77. The van der Waals surface area contributed by atoms with Crippen LogP contribution in [0.4, 0.5) is 5.69 Å². The molecule has 2 aromatic rings. The second-order valence-electron chi connectivity index (χ2n) is 7.20. The van der Waals surface area contributed by atoms with Gasteiger partial charge in [-0.1, -0.05) is 24.3 Å². The summed E-state index contributed by atoms with van der Waals surface area (Å²) in [5.74, 6) is 0.151. The molecule has 0 aliphatic carbocycles. The van der Waals surface area contributed by atoms with Crippen LogP contribution in [0.15, 0.2) is 42.5 Å². The van der Waals surface area contributed by atoms with Crippen molar-refractivity contribution in [3.8, 4) is 5.75 Å². The number of ether oxygens (including phenoxy) is 1. The molecule has 5 heteroatoms. The molecule has 0 bridgehead atoms. The fraction of sp³-hybridized carbons (Fsp3) is 0.364. The zero-order valence-electron chi connectivity index (χ0n) is 16.7. The summed E-state index contributed by atoms with van der Waals surface area (Å²) >= 11 is 0. The Labute approximate surface area is 161 Å². The van der Waals surface area contributed by atoms with Crippen LogP contribution in [0.25, 0.3) is 0 Å². The van der Waals surface area contributed by atoms with Gasteiger partial charge in [-0.3, -0.25) is 9.59 Å². The molecule has 0 heterocycles. The van der Waals surface area contributed by atoms with Crippen molar-refractivity contribution in [2.75, 3.05) is 19.0 Å². The van der Waals surface area contributed by atoms with E-state index in [1.54, 1.807) is 21.0 Å². The van der Waals surface area contributed by atoms with Crippen LogP contribution in [0.2, 0.25) is 0 Å². The van der Waals surface area contributed by atoms with Crippen LogP contribution < -0.4 is 15.4 Å². The van der Waals surface area contributed by atoms with Gasteiger partial charge in [-0.15, -0.1) is 0 Å². The molecule has 2 rings (SSSR count). The Balaban J connectivity index is 1.95. The van der Waals surface area contributed by atoms with E-state index >= 15 is 0 Å². The molecule has 0 saturated carbocycles. The summed E-state index contributed by atoms with van der Waals surface area (Å²) in [6.07, 6.45) is 0.630. The van der Waals surface area contributed by atoms with Crippen LogP contribution in [0.5, 0.6) is 5.75 Å². The number of aryl methyl sites for hydroxylation is 2. The van der Waals surface area contributed by atoms with Crippen molar-refractivity contribution in [2.45, 2.75) is 34.1 Å². The average Bonchev–Trinajstić information content (AvgIpc) is 2.64. The lowest BCUT2D eigenvalue weighted by Crippen LogP contribution is -2.45. The van der Waals surface area contributed by atoms with Gasteiger partial charge < -0.3 is 15.4 Å². The van der Waals surface area contributed by atoms with Gasteiger partial charge in [0, 0.05) is 12.2 Å². The van der Waals surface area contributed by atoms with Gasteiger partial charge in [-0.2, -0.15) is 0 Å². The van der Waals surface area contributed by atoms with Crippen molar-refractivity contribution in [1.29, 1.82) is 0 Å². The predicted molar refractivity (Wildman–Crippen MR) is 108 cm³/mol. The molecule has 0 aliphatic heterocycles. The molecule has 0 atom stereocenters. The van der Waals surface area contributed by atoms with Gasteiger partial charge in [0.1, 0.15) is 11.2 Å². The van der Waals surface area contributed by atoms with Gasteiger partial charge in [-0.25, -0.2) is 0 Å². The summed E-state index contributed by atoms with van der Waals surface area (Å²) in [4.78, 5) is 25.2. The number of methoxy groups -OCH3 is 1. The van der Waals surface area contributed by atoms with Crippen LogP contribution in [0.1, 0.15) is 30.5 Å². The quantitative estimate of drug-likeness (QED) is 0.733. The van der Waals surface area contributed by atoms with Crippen molar-refractivity contribution in [1.82, 2.24) is 5.32 Å². The molecule has 0 unspecified atom stereocenters. The highest BCUT2D eigenvalue weighted by molar-refractivity contribution is 6.09. The molecule has 2 amide bonds. The summed E-state index contributed by atoms with van der Waals surface area (Å²) in [5, 5.41) is 5.69. The molecule has 27 heavy (non-hydrogen) atoms. The molecular formula is C22H28N2O3. The third kappa shape index (κ3) is 5.09. The highest BCUT2D eigenvalue weighted by Gasteiger charge is 2.35. The van der Waals surface area contributed by atoms with E-state index in [0.717, 1.165) is 22.4 Å². The standard InChI is InChI=1S/C22H28N2O3/c1-15-10-11-18(14-16(15)2)24-21(26)22(3,4)20(25)23-13-12-17-8-6-7-9-19(17)27-5/h6-11,14H,12-13H2,1-5H3,(H,23,25)(H,24,26). The Morgan fingerprint density at radius 2 is 1.70 bits per heavy atom. The number of para-hydroxylation sites is 1. The molecule has 144 valence electrons. The topological polar surface area (TPSA) is 67.4 Å². The maximum Gasteiger partial charge on any atom is 0.239 e. The van der Waals surface area contributed by atoms with Crippen molar-refractivity contribution < 1.29 is 14.3 Å². The molecule has 2 aromatic carbocycles. The second-order valence-corrected chi connectivity index (χ2v) is 7.20. The maximum atomic E-state index is 12.6. The lowest BCUT2D eigenvalue weighted by molar-refractivity contribution is -0.138. The smallest absolute Gasteiger partial charge is 0.239 e. The fourth-order valence-electron chi connectivity index (χ4n) is 2.65. The summed E-state index contributed by atoms with van der Waals surface area (Å²) in [6.45, 7) is 7.68. The van der Waals surface area contributed by atoms with Gasteiger partial charge in [0.25, 0.3) is 0 Å². The molecule has 0 aliphatic rings. The normalized spacial score (nSPS) is 11.0. The molecule has 5 nitrogen and oxygen atoms in total. The minimum absolute atomic E-state index is 0.307. The molecule has 2 N–H and O–H groups in total. The van der Waals surface area contributed by atoms with E-state index < -0.39 is 5.41 Å². The van der Waals surface area contributed by atoms with Crippen LogP contribution in [0, 0.1) is 19.3 Å². The molecule has 0 aromatic heterocycles. The fourth-order valence-corrected chi connectivity index (χ4v) is 2.65. The van der Waals surface area contributed by atoms with Crippen molar-refractivity contribution in [3.63, 3.8) is 0 Å². The molecule has 0 radical (unpaired) electrons. The SMILES string of the molecule is COc1ccccc1CCNC(=O)C(C)(C)C(=O)Nc1ccc(C)c(C)c1. The Morgan fingerprint density at radius 3 is 2.37 bits per heavy atom. The molecule has 0 fully saturated rings. The van der Waals surface area contributed by atoms with Crippen LogP contribution in [-0.2, 0) is 16.0 Å². The Morgan fingerprint density at radius 1 is 1.00 bits per heavy atom. The maximum absolute atomic E-state index is 12.6. The summed E-state index contributed by atoms with van der Waals surface area (Å²) in [7, 11) is 1.62. The zero-order chi connectivity index (χ0) is 20.0. The highest BCUT2D eigenvalue weighted by atomic mass is 16.5. The van der Waals surface area contributed by atoms with E-state index in [1.165, 1.54) is 0 Å². The Kier molecular flexibility index (Phi) is 6.61. The van der Waals surface area contributed by atoms with E-state index in [2.05, 4.69) is 10.6 Å². The lowest BCUT2D eigenvalue weighted by Gasteiger charge is -2.23. The van der Waals surface area contributed by atoms with Gasteiger partial charge >= 0.3 is 0 Å². The van der Waals surface area contributed by atoms with E-state index in [1.807, 2.05) is 56.3 Å². The van der Waals surface area contributed by atoms with E-state index in [9.17, 15) is 9.59 Å². The zero-order valence-corrected chi connectivity index (χ0v) is 16.7. The third-order valence-electron chi connectivity index (χ3n) is 4.77. The summed E-state index contributed by atoms with van der Waals surface area (Å²) in [6, 6.07) is 13.4. The lowest BCUT2D eigenvalue weighted by atomic mass is 9.90. The average molecular weight is 368 g/mol.